The Bertz CT molecular complexity index is 434. The third kappa shape index (κ3) is 2.32. The van der Waals surface area contributed by atoms with Crippen LogP contribution in [-0.2, 0) is 13.1 Å². The third-order valence-electron chi connectivity index (χ3n) is 6.06. The first-order chi connectivity index (χ1) is 9.81. The van der Waals surface area contributed by atoms with Crippen LogP contribution >= 0.6 is 0 Å². The summed E-state index contributed by atoms with van der Waals surface area (Å²) in [4.78, 5) is 0. The molecule has 1 heterocycles. The maximum atomic E-state index is 3.92. The summed E-state index contributed by atoms with van der Waals surface area (Å²) in [6.45, 7) is 4.47. The van der Waals surface area contributed by atoms with Crippen molar-refractivity contribution in [3.63, 3.8) is 0 Å². The van der Waals surface area contributed by atoms with Crippen LogP contribution in [0.15, 0.2) is 18.5 Å². The molecule has 2 nitrogen and oxygen atoms in total. The molecular formula is C18H28N2. The van der Waals surface area contributed by atoms with Crippen LogP contribution in [0.1, 0.15) is 51.0 Å². The topological polar surface area (TPSA) is 17.0 Å². The molecule has 1 aromatic heterocycles. The Hall–Kier alpha value is -0.760. The number of nitrogens with one attached hydrogen (secondary N) is 1. The summed E-state index contributed by atoms with van der Waals surface area (Å²) in [5, 5.41) is 3.92. The van der Waals surface area contributed by atoms with E-state index in [4.69, 9.17) is 0 Å². The molecule has 2 heteroatoms. The molecule has 110 valence electrons. The van der Waals surface area contributed by atoms with Gasteiger partial charge in [0, 0.05) is 31.5 Å². The summed E-state index contributed by atoms with van der Waals surface area (Å²) in [5.74, 6) is 4.15. The zero-order valence-electron chi connectivity index (χ0n) is 12.7. The summed E-state index contributed by atoms with van der Waals surface area (Å²) in [5.41, 5.74) is 1.47. The van der Waals surface area contributed by atoms with Crippen LogP contribution in [0.5, 0.6) is 0 Å². The summed E-state index contributed by atoms with van der Waals surface area (Å²) in [7, 11) is 0. The molecular weight excluding hydrogens is 244 g/mol. The SMILES string of the molecule is CCCn1ccc(CNC2C3CC4CC(C3)CC2C4)c1. The van der Waals surface area contributed by atoms with Gasteiger partial charge >= 0.3 is 0 Å². The van der Waals surface area contributed by atoms with Gasteiger partial charge < -0.3 is 9.88 Å². The van der Waals surface area contributed by atoms with Crippen LogP contribution in [0.3, 0.4) is 0 Å². The number of hydrogen-bond acceptors (Lipinski definition) is 1. The summed E-state index contributed by atoms with van der Waals surface area (Å²) in [6, 6.07) is 3.11. The van der Waals surface area contributed by atoms with Crippen molar-refractivity contribution in [1.82, 2.24) is 9.88 Å². The van der Waals surface area contributed by atoms with E-state index in [1.807, 2.05) is 0 Å². The molecule has 1 N–H and O–H groups in total. The van der Waals surface area contributed by atoms with Crippen molar-refractivity contribution in [2.45, 2.75) is 64.6 Å². The van der Waals surface area contributed by atoms with E-state index in [1.165, 1.54) is 37.7 Å². The molecule has 4 aliphatic carbocycles. The van der Waals surface area contributed by atoms with Gasteiger partial charge in [-0.15, -0.1) is 0 Å². The maximum absolute atomic E-state index is 3.92. The van der Waals surface area contributed by atoms with Gasteiger partial charge in [-0.25, -0.2) is 0 Å². The molecule has 0 aliphatic heterocycles. The molecule has 4 saturated carbocycles. The molecule has 0 spiro atoms. The summed E-state index contributed by atoms with van der Waals surface area (Å²) in [6.07, 6.45) is 13.4. The summed E-state index contributed by atoms with van der Waals surface area (Å²) >= 11 is 0. The first-order valence-electron chi connectivity index (χ1n) is 8.70. The van der Waals surface area contributed by atoms with E-state index >= 15 is 0 Å². The van der Waals surface area contributed by atoms with Crippen molar-refractivity contribution >= 4 is 0 Å². The third-order valence-corrected chi connectivity index (χ3v) is 6.06. The second-order valence-corrected chi connectivity index (χ2v) is 7.59. The van der Waals surface area contributed by atoms with Crippen LogP contribution in [0, 0.1) is 23.7 Å². The highest BCUT2D eigenvalue weighted by atomic mass is 15.0. The van der Waals surface area contributed by atoms with Gasteiger partial charge in [0.2, 0.25) is 0 Å². The molecule has 4 aliphatic rings. The normalized spacial score (nSPS) is 38.5. The van der Waals surface area contributed by atoms with Crippen molar-refractivity contribution in [2.75, 3.05) is 0 Å². The average molecular weight is 272 g/mol. The lowest BCUT2D eigenvalue weighted by molar-refractivity contribution is -0.0142. The molecule has 0 amide bonds. The van der Waals surface area contributed by atoms with Gasteiger partial charge in [-0.3, -0.25) is 0 Å². The number of aromatic nitrogens is 1. The highest BCUT2D eigenvalue weighted by Crippen LogP contribution is 2.53. The molecule has 5 rings (SSSR count). The first kappa shape index (κ1) is 12.9. The molecule has 20 heavy (non-hydrogen) atoms. The quantitative estimate of drug-likeness (QED) is 0.862. The fraction of sp³-hybridized carbons (Fsp3) is 0.778. The first-order valence-corrected chi connectivity index (χ1v) is 8.70. The number of nitrogens with zero attached hydrogens (tertiary/aromatic N) is 1. The average Bonchev–Trinajstić information content (AvgIpc) is 2.85. The van der Waals surface area contributed by atoms with E-state index in [2.05, 4.69) is 35.3 Å². The Balaban J connectivity index is 1.37. The van der Waals surface area contributed by atoms with Crippen LogP contribution in [0.2, 0.25) is 0 Å². The maximum Gasteiger partial charge on any atom is 0.0223 e. The van der Waals surface area contributed by atoms with Crippen molar-refractivity contribution in [1.29, 1.82) is 0 Å². The van der Waals surface area contributed by atoms with Crippen molar-refractivity contribution in [3.8, 4) is 0 Å². The summed E-state index contributed by atoms with van der Waals surface area (Å²) < 4.78 is 2.33. The Morgan fingerprint density at radius 3 is 2.45 bits per heavy atom. The second-order valence-electron chi connectivity index (χ2n) is 7.59. The predicted molar refractivity (Wildman–Crippen MR) is 82.4 cm³/mol. The molecule has 0 unspecified atom stereocenters. The van der Waals surface area contributed by atoms with Crippen LogP contribution in [0.4, 0.5) is 0 Å². The van der Waals surface area contributed by atoms with E-state index in [1.54, 1.807) is 6.42 Å². The zero-order chi connectivity index (χ0) is 13.5. The second kappa shape index (κ2) is 5.22. The van der Waals surface area contributed by atoms with Crippen LogP contribution < -0.4 is 5.32 Å². The Kier molecular flexibility index (Phi) is 3.37. The van der Waals surface area contributed by atoms with Gasteiger partial charge in [-0.1, -0.05) is 6.92 Å². The lowest BCUT2D eigenvalue weighted by Gasteiger charge is -2.54. The molecule has 0 atom stereocenters. The van der Waals surface area contributed by atoms with Gasteiger partial charge in [0.1, 0.15) is 0 Å². The largest absolute Gasteiger partial charge is 0.354 e. The van der Waals surface area contributed by atoms with Crippen LogP contribution in [0.25, 0.3) is 0 Å². The van der Waals surface area contributed by atoms with Gasteiger partial charge in [-0.05, 0) is 73.8 Å². The number of hydrogen-bond donors (Lipinski definition) is 1. The zero-order valence-corrected chi connectivity index (χ0v) is 12.7. The molecule has 0 radical (unpaired) electrons. The molecule has 4 fully saturated rings. The molecule has 4 bridgehead atoms. The fourth-order valence-electron chi connectivity index (χ4n) is 5.49. The van der Waals surface area contributed by atoms with Crippen molar-refractivity contribution in [3.05, 3.63) is 24.0 Å². The van der Waals surface area contributed by atoms with Gasteiger partial charge in [0.25, 0.3) is 0 Å². The predicted octanol–water partition coefficient (Wildman–Crippen LogP) is 3.81. The minimum absolute atomic E-state index is 0.817. The smallest absolute Gasteiger partial charge is 0.0223 e. The van der Waals surface area contributed by atoms with E-state index < -0.39 is 0 Å². The monoisotopic (exact) mass is 272 g/mol. The standard InChI is InChI=1S/C18H28N2/c1-2-4-20-5-3-13(12-20)11-19-18-16-7-14-6-15(9-16)10-17(18)8-14/h3,5,12,14-19H,2,4,6-11H2,1H3. The highest BCUT2D eigenvalue weighted by Gasteiger charge is 2.47. The van der Waals surface area contributed by atoms with Gasteiger partial charge in [-0.2, -0.15) is 0 Å². The van der Waals surface area contributed by atoms with E-state index in [9.17, 15) is 0 Å². The van der Waals surface area contributed by atoms with Crippen molar-refractivity contribution < 1.29 is 0 Å². The van der Waals surface area contributed by atoms with Crippen molar-refractivity contribution in [2.24, 2.45) is 23.7 Å². The number of rotatable bonds is 5. The van der Waals surface area contributed by atoms with Gasteiger partial charge in [0.05, 0.1) is 0 Å². The highest BCUT2D eigenvalue weighted by molar-refractivity contribution is 5.11. The van der Waals surface area contributed by atoms with E-state index in [0.717, 1.165) is 42.8 Å². The Morgan fingerprint density at radius 1 is 1.10 bits per heavy atom. The molecule has 0 saturated heterocycles. The number of aryl methyl sites for hydroxylation is 1. The fourth-order valence-corrected chi connectivity index (χ4v) is 5.49. The van der Waals surface area contributed by atoms with Gasteiger partial charge in [0.15, 0.2) is 0 Å². The molecule has 0 aromatic carbocycles. The minimum Gasteiger partial charge on any atom is -0.354 e. The van der Waals surface area contributed by atoms with E-state index in [-0.39, 0.29) is 0 Å². The Morgan fingerprint density at radius 2 is 1.80 bits per heavy atom. The van der Waals surface area contributed by atoms with E-state index in [0.29, 0.717) is 0 Å². The molecule has 1 aromatic rings. The van der Waals surface area contributed by atoms with Crippen LogP contribution in [-0.4, -0.2) is 10.6 Å². The lowest BCUT2D eigenvalue weighted by atomic mass is 9.54. The minimum atomic E-state index is 0.817. The lowest BCUT2D eigenvalue weighted by Crippen LogP contribution is -2.54. The Labute approximate surface area is 122 Å².